The molecule has 3 fully saturated rings. The van der Waals surface area contributed by atoms with Gasteiger partial charge in [0.25, 0.3) is 18.9 Å². The molecule has 29 heteroatoms. The predicted molar refractivity (Wildman–Crippen MR) is 331 cm³/mol. The molecular formula is C61H81F2IN12O14. The highest BCUT2D eigenvalue weighted by Crippen LogP contribution is 2.30. The van der Waals surface area contributed by atoms with Crippen LogP contribution in [0.25, 0.3) is 10.8 Å². The van der Waals surface area contributed by atoms with Crippen molar-refractivity contribution in [1.29, 1.82) is 5.26 Å². The van der Waals surface area contributed by atoms with Crippen molar-refractivity contribution < 1.29 is 76.0 Å². The minimum atomic E-state index is -1.75. The summed E-state index contributed by atoms with van der Waals surface area (Å²) in [5.74, 6) is -5.27. The molecule has 0 spiro atoms. The fraction of sp³-hybridized carbons (Fsp3) is 0.557. The Bertz CT molecular complexity index is 2970. The van der Waals surface area contributed by atoms with Crippen LogP contribution in [-0.4, -0.2) is 261 Å². The van der Waals surface area contributed by atoms with Gasteiger partial charge in [0.05, 0.1) is 38.9 Å². The molecule has 0 aliphatic carbocycles. The lowest BCUT2D eigenvalue weighted by atomic mass is 10.0. The average molecular weight is 1370 g/mol. The Labute approximate surface area is 535 Å². The van der Waals surface area contributed by atoms with E-state index in [2.05, 4.69) is 48.8 Å². The van der Waals surface area contributed by atoms with E-state index >= 15 is 4.39 Å². The molecule has 0 saturated carbocycles. The first-order valence-corrected chi connectivity index (χ1v) is 31.1. The number of alkyl halides is 2. The number of nitriles is 1. The zero-order valence-corrected chi connectivity index (χ0v) is 52.8. The second kappa shape index (κ2) is 37.0. The van der Waals surface area contributed by atoms with E-state index in [1.165, 1.54) is 11.8 Å². The van der Waals surface area contributed by atoms with Gasteiger partial charge in [-0.1, -0.05) is 30.3 Å². The number of benzene rings is 3. The molecule has 3 saturated heterocycles. The maximum atomic E-state index is 15.9. The molecule has 90 heavy (non-hydrogen) atoms. The summed E-state index contributed by atoms with van der Waals surface area (Å²) in [6, 6.07) is 17.8. The number of aryl methyl sites for hydroxylation is 1. The Hall–Kier alpha value is -7.50. The summed E-state index contributed by atoms with van der Waals surface area (Å²) in [5.41, 5.74) is -0.325. The SMILES string of the molecule is CC1(F)C[C@H](C#N)N(C(=O)CNC(=O)c2cccc3ccc(OCCCN4CCN(C(=O)CC(=O)NC(=O)[C@H](CC(F)CCNC(=O)CCCc5ccc(I)cc5)NC(=O)CN5CCN(COC=O)CCN(COC=O)CCN(CC(=O)O)CC5)CC4)cc23)C1. The van der Waals surface area contributed by atoms with E-state index in [0.29, 0.717) is 88.3 Å². The summed E-state index contributed by atoms with van der Waals surface area (Å²) in [6.07, 6.45) is -1.35. The normalized spacial score (nSPS) is 19.0. The number of carboxylic acid groups (broad SMARTS) is 1. The minimum Gasteiger partial charge on any atom is -0.494 e. The standard InChI is InChI=1S/C61H81F2IN12O14/c1-61(63)34-48(35-65)76(39-61)57(83)36-67-59(86)50-7-3-6-45-11-14-49(32-51(45)50)90-30-4-17-70-26-28-75(29-27-70)56(82)33-54(80)69-60(87)52(31-46(62)15-16-66-53(79)8-2-5-44-9-12-47(64)13-10-44)68-55(81)37-71-18-19-72(38-58(84)85)21-23-74(41-89-43-78)25-24-73(22-20-71)40-88-42-77/h3,6-7,9-14,32,42-43,46,48,52H,2,4-5,8,15-31,33-34,36-41H2,1H3,(H,66,79)(H,67,86)(H,68,81)(H,84,85)(H,69,80,87)/t46?,48-,52+,61?/m1/s1. The summed E-state index contributed by atoms with van der Waals surface area (Å²) >= 11 is 2.21. The quantitative estimate of drug-likeness (QED) is 0.0262. The van der Waals surface area contributed by atoms with Crippen LogP contribution in [0.15, 0.2) is 60.7 Å². The molecular weight excluding hydrogens is 1290 g/mol. The summed E-state index contributed by atoms with van der Waals surface area (Å²) in [6.45, 7) is 4.70. The number of nitrogens with one attached hydrogen (secondary N) is 4. The average Bonchev–Trinajstić information content (AvgIpc) is 1.32. The smallest absolute Gasteiger partial charge is 0.317 e. The van der Waals surface area contributed by atoms with Gasteiger partial charge in [-0.25, -0.2) is 8.78 Å². The van der Waals surface area contributed by atoms with Crippen molar-refractivity contribution in [3.05, 3.63) is 75.4 Å². The van der Waals surface area contributed by atoms with Crippen LogP contribution >= 0.6 is 22.6 Å². The first-order valence-electron chi connectivity index (χ1n) is 30.0. The maximum Gasteiger partial charge on any atom is 0.317 e. The van der Waals surface area contributed by atoms with Gasteiger partial charge in [0.1, 0.15) is 49.6 Å². The van der Waals surface area contributed by atoms with E-state index in [4.69, 9.17) is 14.2 Å². The molecule has 3 heterocycles. The van der Waals surface area contributed by atoms with Crippen LogP contribution in [0.1, 0.15) is 67.8 Å². The summed E-state index contributed by atoms with van der Waals surface area (Å²) in [5, 5.41) is 30.5. The molecule has 4 atom stereocenters. The highest BCUT2D eigenvalue weighted by molar-refractivity contribution is 14.1. The van der Waals surface area contributed by atoms with Crippen LogP contribution in [0.4, 0.5) is 8.78 Å². The lowest BCUT2D eigenvalue weighted by molar-refractivity contribution is -0.140. The number of carbonyl (C=O) groups is 10. The van der Waals surface area contributed by atoms with Crippen LogP contribution in [0.3, 0.4) is 0 Å². The number of halogens is 3. The van der Waals surface area contributed by atoms with Gasteiger partial charge in [-0.2, -0.15) is 5.26 Å². The molecule has 0 radical (unpaired) electrons. The molecule has 6 rings (SSSR count). The number of amides is 7. The Morgan fingerprint density at radius 2 is 1.41 bits per heavy atom. The van der Waals surface area contributed by atoms with Crippen molar-refractivity contribution in [1.82, 2.24) is 55.6 Å². The van der Waals surface area contributed by atoms with Crippen molar-refractivity contribution in [2.45, 2.75) is 82.2 Å². The van der Waals surface area contributed by atoms with Gasteiger partial charge in [-0.15, -0.1) is 0 Å². The fourth-order valence-corrected chi connectivity index (χ4v) is 11.1. The monoisotopic (exact) mass is 1370 g/mol. The number of imide groups is 1. The van der Waals surface area contributed by atoms with Gasteiger partial charge in [-0.05, 0) is 102 Å². The zero-order valence-electron chi connectivity index (χ0n) is 50.6. The molecule has 2 unspecified atom stereocenters. The summed E-state index contributed by atoms with van der Waals surface area (Å²) in [4.78, 5) is 139. The van der Waals surface area contributed by atoms with Crippen LogP contribution in [0, 0.1) is 14.9 Å². The highest BCUT2D eigenvalue weighted by Gasteiger charge is 2.43. The highest BCUT2D eigenvalue weighted by atomic mass is 127. The largest absolute Gasteiger partial charge is 0.494 e. The number of aliphatic carboxylic acids is 1. The third-order valence-corrected chi connectivity index (χ3v) is 16.4. The predicted octanol–water partition coefficient (Wildman–Crippen LogP) is 1.28. The second-order valence-electron chi connectivity index (χ2n) is 22.7. The van der Waals surface area contributed by atoms with Crippen molar-refractivity contribution >= 4 is 93.6 Å². The lowest BCUT2D eigenvalue weighted by Gasteiger charge is -2.34. The molecule has 0 bridgehead atoms. The fourth-order valence-electron chi connectivity index (χ4n) is 10.8. The molecule has 3 aromatic rings. The Balaban J connectivity index is 0.995. The van der Waals surface area contributed by atoms with E-state index in [-0.39, 0.29) is 117 Å². The first-order chi connectivity index (χ1) is 43.2. The van der Waals surface area contributed by atoms with Crippen molar-refractivity contribution in [3.63, 3.8) is 0 Å². The van der Waals surface area contributed by atoms with Gasteiger partial charge < -0.3 is 45.1 Å². The van der Waals surface area contributed by atoms with Gasteiger partial charge in [-0.3, -0.25) is 77.8 Å². The van der Waals surface area contributed by atoms with E-state index in [1.807, 2.05) is 42.5 Å². The molecule has 7 amide bonds. The lowest BCUT2D eigenvalue weighted by Crippen LogP contribution is -2.54. The van der Waals surface area contributed by atoms with Gasteiger partial charge in [0.2, 0.25) is 35.4 Å². The van der Waals surface area contributed by atoms with E-state index < -0.39 is 84.7 Å². The molecule has 26 nitrogen and oxygen atoms in total. The summed E-state index contributed by atoms with van der Waals surface area (Å²) < 4.78 is 47.6. The Morgan fingerprint density at radius 3 is 2.04 bits per heavy atom. The van der Waals surface area contributed by atoms with Crippen LogP contribution in [0.5, 0.6) is 5.75 Å². The number of carboxylic acids is 1. The number of carbonyl (C=O) groups excluding carboxylic acids is 9. The van der Waals surface area contributed by atoms with Gasteiger partial charge in [0.15, 0.2) is 0 Å². The summed E-state index contributed by atoms with van der Waals surface area (Å²) in [7, 11) is 0. The number of likely N-dealkylation sites (tertiary alicyclic amines) is 1. The van der Waals surface area contributed by atoms with E-state index in [1.54, 1.807) is 43.9 Å². The number of rotatable bonds is 31. The van der Waals surface area contributed by atoms with E-state index in [9.17, 15) is 62.7 Å². The van der Waals surface area contributed by atoms with Crippen molar-refractivity contribution in [2.24, 2.45) is 0 Å². The van der Waals surface area contributed by atoms with Gasteiger partial charge >= 0.3 is 5.97 Å². The number of hydrogen-bond donors (Lipinski definition) is 5. The van der Waals surface area contributed by atoms with Crippen LogP contribution in [-0.2, 0) is 59.0 Å². The van der Waals surface area contributed by atoms with Crippen molar-refractivity contribution in [2.75, 3.05) is 138 Å². The molecule has 3 aliphatic heterocycles. The minimum absolute atomic E-state index is 0.0604. The van der Waals surface area contributed by atoms with Crippen molar-refractivity contribution in [3.8, 4) is 11.8 Å². The first kappa shape index (κ1) is 71.6. The molecule has 490 valence electrons. The number of nitrogens with zero attached hydrogens (tertiary/aromatic N) is 8. The zero-order chi connectivity index (χ0) is 65.0. The number of ether oxygens (including phenoxy) is 3. The maximum absolute atomic E-state index is 15.9. The molecule has 0 aromatic heterocycles. The topological polar surface area (TPSA) is 313 Å². The second-order valence-corrected chi connectivity index (χ2v) is 24.0. The molecule has 3 aromatic carbocycles. The number of fused-ring (bicyclic) bond motifs is 1. The van der Waals surface area contributed by atoms with Crippen LogP contribution in [0.2, 0.25) is 0 Å². The van der Waals surface area contributed by atoms with Gasteiger partial charge in [0, 0.05) is 120 Å². The van der Waals surface area contributed by atoms with E-state index in [0.717, 1.165) is 19.4 Å². The Morgan fingerprint density at radius 1 is 0.778 bits per heavy atom. The number of hydrogen-bond acceptors (Lipinski definition) is 19. The molecule has 3 aliphatic rings. The molecule has 5 N–H and O–H groups in total. The third kappa shape index (κ3) is 24.7. The third-order valence-electron chi connectivity index (χ3n) is 15.7. The Kier molecular flexibility index (Phi) is 29.4. The van der Waals surface area contributed by atoms with Crippen LogP contribution < -0.4 is 26.0 Å². The number of piperazine rings is 1.